The fourth-order valence-corrected chi connectivity index (χ4v) is 2.93. The molecule has 2 aromatic carbocycles. The number of rotatable bonds is 4. The van der Waals surface area contributed by atoms with Crippen molar-refractivity contribution in [2.45, 2.75) is 26.8 Å². The number of aryl methyl sites for hydroxylation is 1. The van der Waals surface area contributed by atoms with Crippen molar-refractivity contribution in [2.75, 3.05) is 16.8 Å². The minimum atomic E-state index is -0.757. The van der Waals surface area contributed by atoms with Crippen LogP contribution in [0, 0.1) is 13.8 Å². The minimum Gasteiger partial charge on any atom is -0.482 e. The van der Waals surface area contributed by atoms with Gasteiger partial charge >= 0.3 is 0 Å². The first-order chi connectivity index (χ1) is 12.4. The predicted molar refractivity (Wildman–Crippen MR) is 98.8 cm³/mol. The molecule has 0 spiro atoms. The Morgan fingerprint density at radius 3 is 2.77 bits per heavy atom. The standard InChI is InChI=1S/C20H20N2O4/c1-12-5-4-6-16(13(12)2)21-20(25)14(3)22-17-9-15(10-23)7-8-18(17)26-11-19(22)24/h4-10,14H,11H2,1-3H3,(H,21,25). The Labute approximate surface area is 151 Å². The third-order valence-electron chi connectivity index (χ3n) is 4.63. The molecule has 2 aromatic rings. The summed E-state index contributed by atoms with van der Waals surface area (Å²) in [5, 5.41) is 2.88. The molecule has 1 aliphatic rings. The van der Waals surface area contributed by atoms with Gasteiger partial charge in [-0.25, -0.2) is 0 Å². The van der Waals surface area contributed by atoms with E-state index >= 15 is 0 Å². The van der Waals surface area contributed by atoms with Crippen molar-refractivity contribution in [3.8, 4) is 5.75 Å². The summed E-state index contributed by atoms with van der Waals surface area (Å²) in [6.07, 6.45) is 0.693. The van der Waals surface area contributed by atoms with Crippen molar-refractivity contribution < 1.29 is 19.1 Å². The average Bonchev–Trinajstić information content (AvgIpc) is 2.64. The number of carbonyl (C=O) groups excluding carboxylic acids is 3. The lowest BCUT2D eigenvalue weighted by atomic mass is 10.1. The van der Waals surface area contributed by atoms with Crippen molar-refractivity contribution in [2.24, 2.45) is 0 Å². The lowest BCUT2D eigenvalue weighted by Gasteiger charge is -2.33. The van der Waals surface area contributed by atoms with Crippen molar-refractivity contribution in [3.63, 3.8) is 0 Å². The maximum absolute atomic E-state index is 12.8. The van der Waals surface area contributed by atoms with Crippen LogP contribution in [0.3, 0.4) is 0 Å². The molecule has 0 saturated carbocycles. The number of carbonyl (C=O) groups is 3. The zero-order chi connectivity index (χ0) is 18.8. The molecule has 1 N–H and O–H groups in total. The van der Waals surface area contributed by atoms with Gasteiger partial charge in [0.1, 0.15) is 18.1 Å². The molecule has 26 heavy (non-hydrogen) atoms. The summed E-state index contributed by atoms with van der Waals surface area (Å²) in [6.45, 7) is 5.41. The molecule has 1 unspecified atom stereocenters. The third kappa shape index (κ3) is 3.18. The molecule has 0 aromatic heterocycles. The number of fused-ring (bicyclic) bond motifs is 1. The van der Waals surface area contributed by atoms with Gasteiger partial charge in [0.05, 0.1) is 5.69 Å². The first-order valence-electron chi connectivity index (χ1n) is 8.33. The van der Waals surface area contributed by atoms with Crippen LogP contribution in [0.15, 0.2) is 36.4 Å². The highest BCUT2D eigenvalue weighted by Crippen LogP contribution is 2.34. The molecule has 6 nitrogen and oxygen atoms in total. The maximum atomic E-state index is 12.8. The second kappa shape index (κ2) is 7.00. The van der Waals surface area contributed by atoms with E-state index in [1.54, 1.807) is 25.1 Å². The van der Waals surface area contributed by atoms with Gasteiger partial charge in [0.2, 0.25) is 5.91 Å². The lowest BCUT2D eigenvalue weighted by Crippen LogP contribution is -2.49. The number of anilines is 2. The van der Waals surface area contributed by atoms with Gasteiger partial charge in [-0.05, 0) is 56.2 Å². The van der Waals surface area contributed by atoms with Crippen LogP contribution >= 0.6 is 0 Å². The second-order valence-electron chi connectivity index (χ2n) is 6.31. The second-order valence-corrected chi connectivity index (χ2v) is 6.31. The van der Waals surface area contributed by atoms with E-state index in [0.717, 1.165) is 11.1 Å². The fourth-order valence-electron chi connectivity index (χ4n) is 2.93. The topological polar surface area (TPSA) is 75.7 Å². The van der Waals surface area contributed by atoms with Crippen molar-refractivity contribution >= 4 is 29.5 Å². The van der Waals surface area contributed by atoms with Gasteiger partial charge in [-0.3, -0.25) is 19.3 Å². The van der Waals surface area contributed by atoms with Gasteiger partial charge in [0, 0.05) is 11.3 Å². The number of nitrogens with zero attached hydrogens (tertiary/aromatic N) is 1. The highest BCUT2D eigenvalue weighted by molar-refractivity contribution is 6.07. The van der Waals surface area contributed by atoms with E-state index in [1.807, 2.05) is 32.0 Å². The fraction of sp³-hybridized carbons (Fsp3) is 0.250. The van der Waals surface area contributed by atoms with Gasteiger partial charge in [-0.2, -0.15) is 0 Å². The van der Waals surface area contributed by atoms with E-state index in [-0.39, 0.29) is 18.4 Å². The van der Waals surface area contributed by atoms with E-state index < -0.39 is 6.04 Å². The smallest absolute Gasteiger partial charge is 0.265 e. The van der Waals surface area contributed by atoms with E-state index in [4.69, 9.17) is 4.74 Å². The predicted octanol–water partition coefficient (Wildman–Crippen LogP) is 2.87. The normalized spacial score (nSPS) is 14.3. The molecule has 1 aliphatic heterocycles. The molecule has 0 saturated heterocycles. The van der Waals surface area contributed by atoms with Crippen LogP contribution in [0.25, 0.3) is 0 Å². The number of benzene rings is 2. The van der Waals surface area contributed by atoms with Crippen LogP contribution < -0.4 is 15.0 Å². The quantitative estimate of drug-likeness (QED) is 0.859. The molecule has 134 valence electrons. The minimum absolute atomic E-state index is 0.144. The zero-order valence-corrected chi connectivity index (χ0v) is 14.9. The molecule has 2 amide bonds. The largest absolute Gasteiger partial charge is 0.482 e. The Morgan fingerprint density at radius 1 is 1.27 bits per heavy atom. The van der Waals surface area contributed by atoms with Gasteiger partial charge in [0.25, 0.3) is 5.91 Å². The lowest BCUT2D eigenvalue weighted by molar-refractivity contribution is -0.125. The number of aldehydes is 1. The molecule has 0 fully saturated rings. The van der Waals surface area contributed by atoms with Gasteiger partial charge < -0.3 is 10.1 Å². The Kier molecular flexibility index (Phi) is 4.75. The Morgan fingerprint density at radius 2 is 2.04 bits per heavy atom. The van der Waals surface area contributed by atoms with E-state index in [9.17, 15) is 14.4 Å². The first kappa shape index (κ1) is 17.7. The molecule has 0 radical (unpaired) electrons. The molecule has 6 heteroatoms. The van der Waals surface area contributed by atoms with E-state index in [1.165, 1.54) is 4.90 Å². The van der Waals surface area contributed by atoms with Crippen LogP contribution in [0.4, 0.5) is 11.4 Å². The van der Waals surface area contributed by atoms with Crippen molar-refractivity contribution in [3.05, 3.63) is 53.1 Å². The summed E-state index contributed by atoms with van der Waals surface area (Å²) >= 11 is 0. The van der Waals surface area contributed by atoms with E-state index in [0.29, 0.717) is 29.0 Å². The maximum Gasteiger partial charge on any atom is 0.265 e. The highest BCUT2D eigenvalue weighted by atomic mass is 16.5. The van der Waals surface area contributed by atoms with Crippen LogP contribution in [0.5, 0.6) is 5.75 Å². The number of hydrogen-bond acceptors (Lipinski definition) is 4. The molecular formula is C20H20N2O4. The van der Waals surface area contributed by atoms with Crippen LogP contribution in [0.1, 0.15) is 28.4 Å². The number of amides is 2. The summed E-state index contributed by atoms with van der Waals surface area (Å²) in [5.41, 5.74) is 3.59. The van der Waals surface area contributed by atoms with E-state index in [2.05, 4.69) is 5.32 Å². The summed E-state index contributed by atoms with van der Waals surface area (Å²) in [4.78, 5) is 37.6. The van der Waals surface area contributed by atoms with Gasteiger partial charge in [-0.15, -0.1) is 0 Å². The Bertz CT molecular complexity index is 891. The highest BCUT2D eigenvalue weighted by Gasteiger charge is 2.33. The Hall–Kier alpha value is -3.15. The number of nitrogens with one attached hydrogen (secondary N) is 1. The summed E-state index contributed by atoms with van der Waals surface area (Å²) in [7, 11) is 0. The van der Waals surface area contributed by atoms with Crippen molar-refractivity contribution in [1.82, 2.24) is 0 Å². The molecular weight excluding hydrogens is 332 g/mol. The number of ether oxygens (including phenoxy) is 1. The SMILES string of the molecule is Cc1cccc(NC(=O)C(C)N2C(=O)COc3ccc(C=O)cc32)c1C. The molecule has 0 aliphatic carbocycles. The number of hydrogen-bond donors (Lipinski definition) is 1. The van der Waals surface area contributed by atoms with Crippen molar-refractivity contribution in [1.29, 1.82) is 0 Å². The van der Waals surface area contributed by atoms with Gasteiger partial charge in [-0.1, -0.05) is 12.1 Å². The Balaban J connectivity index is 1.90. The molecule has 1 heterocycles. The molecule has 3 rings (SSSR count). The zero-order valence-electron chi connectivity index (χ0n) is 14.9. The summed E-state index contributed by atoms with van der Waals surface area (Å²) in [6, 6.07) is 9.71. The first-order valence-corrected chi connectivity index (χ1v) is 8.33. The van der Waals surface area contributed by atoms with Gasteiger partial charge in [0.15, 0.2) is 6.61 Å². The summed E-state index contributed by atoms with van der Waals surface area (Å²) in [5.74, 6) is -0.165. The third-order valence-corrected chi connectivity index (χ3v) is 4.63. The summed E-state index contributed by atoms with van der Waals surface area (Å²) < 4.78 is 5.41. The molecule has 0 bridgehead atoms. The molecule has 1 atom stereocenters. The average molecular weight is 352 g/mol. The van der Waals surface area contributed by atoms with Crippen LogP contribution in [-0.4, -0.2) is 30.7 Å². The van der Waals surface area contributed by atoms with Crippen LogP contribution in [-0.2, 0) is 9.59 Å². The van der Waals surface area contributed by atoms with Crippen LogP contribution in [0.2, 0.25) is 0 Å². The monoisotopic (exact) mass is 352 g/mol.